The molecule has 0 spiro atoms. The first-order valence-corrected chi connectivity index (χ1v) is 14.6. The lowest BCUT2D eigenvalue weighted by atomic mass is 10.6. The molecule has 32 heavy (non-hydrogen) atoms. The van der Waals surface area contributed by atoms with Gasteiger partial charge >= 0.3 is 0 Å². The minimum Gasteiger partial charge on any atom is -0.394 e. The monoisotopic (exact) mass is 539 g/mol. The molecular weight excluding hydrogens is 511 g/mol. The van der Waals surface area contributed by atoms with Crippen molar-refractivity contribution in [3.8, 4) is 0 Å². The number of nitrogens with zero attached hydrogens (tertiary/aromatic N) is 1. The Labute approximate surface area is 210 Å². The number of rotatable bonds is 17. The summed E-state index contributed by atoms with van der Waals surface area (Å²) < 4.78 is 27.7. The van der Waals surface area contributed by atoms with Crippen molar-refractivity contribution >= 4 is 58.8 Å². The molecular formula is C20H29NO6S5. The van der Waals surface area contributed by atoms with E-state index in [1.54, 1.807) is 0 Å². The van der Waals surface area contributed by atoms with E-state index in [0.717, 1.165) is 12.3 Å². The SMILES string of the molecule is OCCOCCOCCSC1=CSC(=C2Sc3cn(CCOCCOCCO)cc3S2)S1. The van der Waals surface area contributed by atoms with Gasteiger partial charge in [-0.25, -0.2) is 0 Å². The van der Waals surface area contributed by atoms with Gasteiger partial charge in [-0.1, -0.05) is 47.0 Å². The first-order valence-electron chi connectivity index (χ1n) is 10.3. The van der Waals surface area contributed by atoms with Gasteiger partial charge in [0.2, 0.25) is 0 Å². The third-order valence-electron chi connectivity index (χ3n) is 4.02. The zero-order valence-corrected chi connectivity index (χ0v) is 21.8. The lowest BCUT2D eigenvalue weighted by molar-refractivity contribution is 0.0309. The van der Waals surface area contributed by atoms with Crippen molar-refractivity contribution in [1.29, 1.82) is 0 Å². The van der Waals surface area contributed by atoms with Gasteiger partial charge in [-0.05, 0) is 5.41 Å². The Morgan fingerprint density at radius 2 is 1.31 bits per heavy atom. The smallest absolute Gasteiger partial charge is 0.0707 e. The predicted molar refractivity (Wildman–Crippen MR) is 136 cm³/mol. The number of hydrogen-bond donors (Lipinski definition) is 2. The molecule has 0 bridgehead atoms. The summed E-state index contributed by atoms with van der Waals surface area (Å²) in [5.41, 5.74) is 0. The number of aliphatic hydroxyl groups is 2. The number of hydrogen-bond acceptors (Lipinski definition) is 11. The van der Waals surface area contributed by atoms with E-state index in [-0.39, 0.29) is 13.2 Å². The summed E-state index contributed by atoms with van der Waals surface area (Å²) in [6.07, 6.45) is 4.39. The van der Waals surface area contributed by atoms with Crippen molar-refractivity contribution in [2.45, 2.75) is 16.3 Å². The third kappa shape index (κ3) is 9.49. The van der Waals surface area contributed by atoms with Crippen LogP contribution in [0.3, 0.4) is 0 Å². The van der Waals surface area contributed by atoms with Crippen LogP contribution in [0.1, 0.15) is 0 Å². The summed E-state index contributed by atoms with van der Waals surface area (Å²) in [5.74, 6) is 0.920. The highest BCUT2D eigenvalue weighted by molar-refractivity contribution is 8.37. The summed E-state index contributed by atoms with van der Waals surface area (Å²) in [4.78, 5) is 2.62. The molecule has 0 aromatic carbocycles. The Bertz CT molecular complexity index is 731. The lowest BCUT2D eigenvalue weighted by Crippen LogP contribution is -2.10. The Balaban J connectivity index is 1.29. The van der Waals surface area contributed by atoms with Crippen LogP contribution < -0.4 is 0 Å². The molecule has 0 amide bonds. The van der Waals surface area contributed by atoms with Crippen LogP contribution in [0.4, 0.5) is 0 Å². The number of aliphatic hydroxyl groups excluding tert-OH is 2. The van der Waals surface area contributed by atoms with Gasteiger partial charge < -0.3 is 33.7 Å². The normalized spacial score (nSPS) is 15.6. The molecule has 2 aliphatic rings. The van der Waals surface area contributed by atoms with Gasteiger partial charge in [-0.15, -0.1) is 11.8 Å². The van der Waals surface area contributed by atoms with Crippen LogP contribution in [0.25, 0.3) is 0 Å². The average molecular weight is 540 g/mol. The Kier molecular flexibility index (Phi) is 13.5. The van der Waals surface area contributed by atoms with E-state index in [9.17, 15) is 0 Å². The average Bonchev–Trinajstić information content (AvgIpc) is 3.50. The Hall–Kier alpha value is 0.270. The summed E-state index contributed by atoms with van der Waals surface area (Å²) in [7, 11) is 0. The van der Waals surface area contributed by atoms with Crippen LogP contribution in [0.2, 0.25) is 0 Å². The zero-order valence-electron chi connectivity index (χ0n) is 17.7. The maximum Gasteiger partial charge on any atom is 0.0707 e. The highest BCUT2D eigenvalue weighted by atomic mass is 32.2. The van der Waals surface area contributed by atoms with Crippen molar-refractivity contribution in [3.05, 3.63) is 30.5 Å². The molecule has 0 saturated carbocycles. The number of thioether (sulfide) groups is 5. The highest BCUT2D eigenvalue weighted by Gasteiger charge is 2.26. The standard InChI is InChI=1S/C20H29NO6S5/c22-2-5-25-8-7-24-4-1-21-13-16-17(14-21)31-20(30-16)19-29-15-18(32-19)28-12-11-27-10-9-26-6-3-23/h13-15,22-23H,1-12H2. The van der Waals surface area contributed by atoms with E-state index >= 15 is 0 Å². The van der Waals surface area contributed by atoms with Crippen LogP contribution >= 0.6 is 58.8 Å². The number of fused-ring (bicyclic) bond motifs is 1. The second-order valence-electron chi connectivity index (χ2n) is 6.41. The molecule has 3 heterocycles. The molecule has 3 rings (SSSR count). The summed E-state index contributed by atoms with van der Waals surface area (Å²) >= 11 is 9.18. The van der Waals surface area contributed by atoms with E-state index in [2.05, 4.69) is 22.4 Å². The van der Waals surface area contributed by atoms with E-state index in [1.165, 1.54) is 22.5 Å². The van der Waals surface area contributed by atoms with E-state index in [4.69, 9.17) is 29.2 Å². The van der Waals surface area contributed by atoms with Crippen molar-refractivity contribution in [2.75, 3.05) is 71.8 Å². The van der Waals surface area contributed by atoms with Crippen molar-refractivity contribution in [3.63, 3.8) is 0 Å². The van der Waals surface area contributed by atoms with Crippen LogP contribution in [-0.4, -0.2) is 86.6 Å². The molecule has 180 valence electrons. The quantitative estimate of drug-likeness (QED) is 0.283. The van der Waals surface area contributed by atoms with Gasteiger partial charge in [-0.2, -0.15) is 0 Å². The van der Waals surface area contributed by atoms with Crippen LogP contribution in [0, 0.1) is 0 Å². The molecule has 1 aromatic heterocycles. The molecule has 2 aliphatic heterocycles. The summed E-state index contributed by atoms with van der Waals surface area (Å²) in [5, 5.41) is 19.5. The minimum atomic E-state index is 0.0497. The molecule has 2 N–H and O–H groups in total. The van der Waals surface area contributed by atoms with Gasteiger partial charge in [-0.3, -0.25) is 0 Å². The fourth-order valence-corrected chi connectivity index (χ4v) is 9.05. The van der Waals surface area contributed by atoms with Crippen LogP contribution in [-0.2, 0) is 25.5 Å². The first-order chi connectivity index (χ1) is 15.8. The van der Waals surface area contributed by atoms with Gasteiger partial charge in [0.15, 0.2) is 0 Å². The van der Waals surface area contributed by atoms with Crippen molar-refractivity contribution in [2.24, 2.45) is 0 Å². The maximum absolute atomic E-state index is 8.66. The molecule has 0 aliphatic carbocycles. The fourth-order valence-electron chi connectivity index (χ4n) is 2.59. The van der Waals surface area contributed by atoms with Crippen LogP contribution in [0.15, 0.2) is 40.3 Å². The summed E-state index contributed by atoms with van der Waals surface area (Å²) in [6, 6.07) is 0. The van der Waals surface area contributed by atoms with E-state index in [1.807, 2.05) is 58.8 Å². The van der Waals surface area contributed by atoms with E-state index < -0.39 is 0 Å². The molecule has 0 saturated heterocycles. The van der Waals surface area contributed by atoms with Crippen molar-refractivity contribution < 1.29 is 29.2 Å². The summed E-state index contributed by atoms with van der Waals surface area (Å²) in [6.45, 7) is 5.16. The fraction of sp³-hybridized carbons (Fsp3) is 0.600. The van der Waals surface area contributed by atoms with Gasteiger partial charge in [0, 0.05) is 34.5 Å². The highest BCUT2D eigenvalue weighted by Crippen LogP contribution is 2.60. The predicted octanol–water partition coefficient (Wildman–Crippen LogP) is 3.88. The molecule has 7 nitrogen and oxygen atoms in total. The largest absolute Gasteiger partial charge is 0.394 e. The number of ether oxygens (including phenoxy) is 4. The molecule has 0 atom stereocenters. The van der Waals surface area contributed by atoms with Gasteiger partial charge in [0.05, 0.1) is 78.8 Å². The molecule has 0 unspecified atom stereocenters. The minimum absolute atomic E-state index is 0.0497. The zero-order chi connectivity index (χ0) is 22.4. The number of aromatic nitrogens is 1. The molecule has 1 aromatic rings. The van der Waals surface area contributed by atoms with Crippen LogP contribution in [0.5, 0.6) is 0 Å². The van der Waals surface area contributed by atoms with Crippen molar-refractivity contribution in [1.82, 2.24) is 4.57 Å². The second-order valence-corrected chi connectivity index (χ2v) is 12.4. The second kappa shape index (κ2) is 16.0. The molecule has 0 fully saturated rings. The van der Waals surface area contributed by atoms with Gasteiger partial charge in [0.25, 0.3) is 0 Å². The topological polar surface area (TPSA) is 82.3 Å². The first kappa shape index (κ1) is 26.9. The maximum atomic E-state index is 8.66. The molecule has 0 radical (unpaired) electrons. The lowest BCUT2D eigenvalue weighted by Gasteiger charge is -2.07. The van der Waals surface area contributed by atoms with E-state index in [0.29, 0.717) is 52.9 Å². The third-order valence-corrected chi connectivity index (χ3v) is 10.7. The Morgan fingerprint density at radius 3 is 1.94 bits per heavy atom. The Morgan fingerprint density at radius 1 is 0.719 bits per heavy atom. The van der Waals surface area contributed by atoms with Gasteiger partial charge in [0.1, 0.15) is 0 Å². The molecule has 12 heteroatoms.